The fourth-order valence-corrected chi connectivity index (χ4v) is 3.44. The van der Waals surface area contributed by atoms with Gasteiger partial charge in [0.05, 0.1) is 5.02 Å². The van der Waals surface area contributed by atoms with Crippen molar-refractivity contribution < 1.29 is 4.74 Å². The Kier molecular flexibility index (Phi) is 5.62. The molecule has 0 saturated carbocycles. The third kappa shape index (κ3) is 3.88. The first-order chi connectivity index (χ1) is 10.4. The zero-order chi connectivity index (χ0) is 16.3. The first-order valence-corrected chi connectivity index (χ1v) is 8.50. The van der Waals surface area contributed by atoms with Crippen LogP contribution in [0.4, 0.5) is 0 Å². The topological polar surface area (TPSA) is 35.2 Å². The minimum Gasteiger partial charge on any atom is -0.488 e. The summed E-state index contributed by atoms with van der Waals surface area (Å²) in [6.07, 6.45) is 2.01. The highest BCUT2D eigenvalue weighted by atomic mass is 35.5. The number of allylic oxidation sites excluding steroid dienone is 1. The summed E-state index contributed by atoms with van der Waals surface area (Å²) in [4.78, 5) is 1.53. The summed E-state index contributed by atoms with van der Waals surface area (Å²) in [5.41, 5.74) is 10.0. The van der Waals surface area contributed by atoms with Crippen LogP contribution in [0.25, 0.3) is 11.1 Å². The summed E-state index contributed by atoms with van der Waals surface area (Å²) in [6.45, 7) is 6.58. The number of ether oxygens (including phenoxy) is 1. The molecule has 0 aliphatic carbocycles. The summed E-state index contributed by atoms with van der Waals surface area (Å²) in [5, 5.41) is 2.65. The molecule has 0 fully saturated rings. The Morgan fingerprint density at radius 2 is 2.14 bits per heavy atom. The lowest BCUT2D eigenvalue weighted by atomic mass is 10.0. The number of thiocarbonyl (C=S) groups is 1. The number of hydrogen-bond donors (Lipinski definition) is 1. The Morgan fingerprint density at radius 1 is 1.41 bits per heavy atom. The van der Waals surface area contributed by atoms with Gasteiger partial charge in [-0.2, -0.15) is 0 Å². The Bertz CT molecular complexity index is 730. The Hall–Kier alpha value is -1.36. The van der Waals surface area contributed by atoms with Crippen LogP contribution in [-0.4, -0.2) is 11.6 Å². The van der Waals surface area contributed by atoms with Gasteiger partial charge in [-0.1, -0.05) is 35.5 Å². The highest BCUT2D eigenvalue weighted by molar-refractivity contribution is 7.80. The molecule has 2 nitrogen and oxygen atoms in total. The van der Waals surface area contributed by atoms with Gasteiger partial charge in [-0.15, -0.1) is 11.3 Å². The second-order valence-corrected chi connectivity index (χ2v) is 7.11. The van der Waals surface area contributed by atoms with Crippen molar-refractivity contribution in [1.29, 1.82) is 0 Å². The second kappa shape index (κ2) is 7.27. The van der Waals surface area contributed by atoms with E-state index < -0.39 is 0 Å². The molecule has 0 radical (unpaired) electrons. The van der Waals surface area contributed by atoms with Crippen LogP contribution in [0.1, 0.15) is 24.3 Å². The van der Waals surface area contributed by atoms with Gasteiger partial charge >= 0.3 is 0 Å². The third-order valence-electron chi connectivity index (χ3n) is 3.19. The van der Waals surface area contributed by atoms with Gasteiger partial charge in [0.15, 0.2) is 0 Å². The second-order valence-electron chi connectivity index (χ2n) is 5.18. The molecule has 0 atom stereocenters. The van der Waals surface area contributed by atoms with Crippen LogP contribution in [0.15, 0.2) is 35.2 Å². The van der Waals surface area contributed by atoms with Crippen LogP contribution < -0.4 is 10.5 Å². The van der Waals surface area contributed by atoms with Gasteiger partial charge in [0, 0.05) is 16.0 Å². The van der Waals surface area contributed by atoms with Crippen LogP contribution in [0.5, 0.6) is 5.75 Å². The van der Waals surface area contributed by atoms with Crippen molar-refractivity contribution in [2.45, 2.75) is 20.8 Å². The van der Waals surface area contributed by atoms with Gasteiger partial charge in [0.1, 0.15) is 17.3 Å². The molecule has 0 saturated heterocycles. The highest BCUT2D eigenvalue weighted by Crippen LogP contribution is 2.35. The zero-order valence-corrected chi connectivity index (χ0v) is 15.2. The molecular weight excluding hydrogens is 334 g/mol. The van der Waals surface area contributed by atoms with Gasteiger partial charge in [-0.3, -0.25) is 0 Å². The largest absolute Gasteiger partial charge is 0.488 e. The van der Waals surface area contributed by atoms with Crippen LogP contribution in [-0.2, 0) is 0 Å². The Labute approximate surface area is 145 Å². The van der Waals surface area contributed by atoms with Gasteiger partial charge in [-0.05, 0) is 49.9 Å². The lowest BCUT2D eigenvalue weighted by Gasteiger charge is -2.10. The summed E-state index contributed by atoms with van der Waals surface area (Å²) < 4.78 is 5.75. The van der Waals surface area contributed by atoms with Crippen LogP contribution in [0, 0.1) is 6.92 Å². The van der Waals surface area contributed by atoms with Crippen LogP contribution in [0.3, 0.4) is 0 Å². The number of aryl methyl sites for hydroxylation is 1. The fourth-order valence-electron chi connectivity index (χ4n) is 2.05. The van der Waals surface area contributed by atoms with E-state index in [0.29, 0.717) is 22.4 Å². The van der Waals surface area contributed by atoms with E-state index in [2.05, 4.69) is 5.38 Å². The van der Waals surface area contributed by atoms with Crippen molar-refractivity contribution in [1.82, 2.24) is 0 Å². The molecule has 2 rings (SSSR count). The highest BCUT2D eigenvalue weighted by Gasteiger charge is 2.14. The Balaban J connectivity index is 2.37. The molecule has 5 heteroatoms. The van der Waals surface area contributed by atoms with Crippen molar-refractivity contribution in [2.75, 3.05) is 6.61 Å². The van der Waals surface area contributed by atoms with E-state index in [9.17, 15) is 0 Å². The molecule has 1 aromatic carbocycles. The van der Waals surface area contributed by atoms with E-state index in [1.165, 1.54) is 5.57 Å². The zero-order valence-electron chi connectivity index (χ0n) is 12.8. The Morgan fingerprint density at radius 3 is 2.77 bits per heavy atom. The number of thiophene rings is 1. The van der Waals surface area contributed by atoms with Crippen LogP contribution in [0.2, 0.25) is 5.02 Å². The average Bonchev–Trinajstić information content (AvgIpc) is 2.82. The van der Waals surface area contributed by atoms with Gasteiger partial charge in [-0.25, -0.2) is 0 Å². The number of benzene rings is 1. The van der Waals surface area contributed by atoms with Gasteiger partial charge < -0.3 is 10.5 Å². The maximum Gasteiger partial charge on any atom is 0.138 e. The van der Waals surface area contributed by atoms with E-state index in [1.54, 1.807) is 11.3 Å². The molecule has 0 aliphatic heterocycles. The van der Waals surface area contributed by atoms with Crippen molar-refractivity contribution in [3.05, 3.63) is 50.7 Å². The van der Waals surface area contributed by atoms with Crippen molar-refractivity contribution in [3.8, 4) is 16.9 Å². The van der Waals surface area contributed by atoms with E-state index >= 15 is 0 Å². The minimum absolute atomic E-state index is 0.413. The molecule has 0 bridgehead atoms. The molecule has 0 amide bonds. The van der Waals surface area contributed by atoms with Crippen molar-refractivity contribution >= 4 is 40.1 Å². The van der Waals surface area contributed by atoms with Gasteiger partial charge in [0.2, 0.25) is 0 Å². The normalized spacial score (nSPS) is 10.4. The quantitative estimate of drug-likeness (QED) is 0.582. The minimum atomic E-state index is 0.413. The fraction of sp³-hybridized carbons (Fsp3) is 0.235. The molecule has 1 heterocycles. The van der Waals surface area contributed by atoms with Gasteiger partial charge in [0.25, 0.3) is 0 Å². The SMILES string of the molecule is CC(C)=CCOc1cc(-c2csc(C)c2C(N)=S)ccc1Cl. The van der Waals surface area contributed by atoms with Crippen LogP contribution >= 0.6 is 35.2 Å². The number of nitrogens with two attached hydrogens (primary N) is 1. The predicted molar refractivity (Wildman–Crippen MR) is 100 cm³/mol. The number of hydrogen-bond acceptors (Lipinski definition) is 3. The summed E-state index contributed by atoms with van der Waals surface area (Å²) in [6, 6.07) is 5.73. The molecule has 0 aliphatic rings. The number of halogens is 1. The van der Waals surface area contributed by atoms with E-state index in [-0.39, 0.29) is 0 Å². The molecule has 0 spiro atoms. The molecule has 1 aromatic heterocycles. The first kappa shape index (κ1) is 17.0. The van der Waals surface area contributed by atoms with E-state index in [0.717, 1.165) is 21.6 Å². The molecule has 2 N–H and O–H groups in total. The summed E-state index contributed by atoms with van der Waals surface area (Å²) >= 11 is 13.0. The maximum absolute atomic E-state index is 6.21. The monoisotopic (exact) mass is 351 g/mol. The lowest BCUT2D eigenvalue weighted by molar-refractivity contribution is 0.362. The molecule has 2 aromatic rings. The molecule has 0 unspecified atom stereocenters. The van der Waals surface area contributed by atoms with E-state index in [4.69, 9.17) is 34.3 Å². The molecular formula is C17H18ClNOS2. The smallest absolute Gasteiger partial charge is 0.138 e. The lowest BCUT2D eigenvalue weighted by Crippen LogP contribution is -2.10. The summed E-state index contributed by atoms with van der Waals surface area (Å²) in [5.74, 6) is 0.661. The first-order valence-electron chi connectivity index (χ1n) is 6.84. The maximum atomic E-state index is 6.21. The van der Waals surface area contributed by atoms with Crippen molar-refractivity contribution in [3.63, 3.8) is 0 Å². The predicted octanol–water partition coefficient (Wildman–Crippen LogP) is 5.36. The standard InChI is InChI=1S/C17H18ClNOS2/c1-10(2)6-7-20-15-8-12(4-5-14(15)18)13-9-22-11(3)16(13)17(19)21/h4-6,8-9H,7H2,1-3H3,(H2,19,21). The van der Waals surface area contributed by atoms with Crippen molar-refractivity contribution in [2.24, 2.45) is 5.73 Å². The number of rotatable bonds is 5. The average molecular weight is 352 g/mol. The summed E-state index contributed by atoms with van der Waals surface area (Å²) in [7, 11) is 0. The van der Waals surface area contributed by atoms with E-state index in [1.807, 2.05) is 45.0 Å². The molecule has 116 valence electrons. The molecule has 22 heavy (non-hydrogen) atoms. The third-order valence-corrected chi connectivity index (χ3v) is 4.62.